The number of benzene rings is 1. The first-order valence-electron chi connectivity index (χ1n) is 8.64. The molecular formula is C19H29NO. The van der Waals surface area contributed by atoms with Crippen LogP contribution in [0.4, 0.5) is 0 Å². The molecule has 21 heavy (non-hydrogen) atoms. The normalized spacial score (nSPS) is 28.8. The fraction of sp³-hybridized carbons (Fsp3) is 0.684. The molecule has 2 aliphatic carbocycles. The lowest BCUT2D eigenvalue weighted by atomic mass is 9.83. The van der Waals surface area contributed by atoms with Crippen LogP contribution < -0.4 is 10.1 Å². The Hall–Kier alpha value is -1.02. The van der Waals surface area contributed by atoms with Crippen molar-refractivity contribution in [1.29, 1.82) is 0 Å². The zero-order valence-electron chi connectivity index (χ0n) is 13.5. The van der Waals surface area contributed by atoms with Gasteiger partial charge in [-0.25, -0.2) is 0 Å². The zero-order valence-corrected chi connectivity index (χ0v) is 13.5. The second-order valence-electron chi connectivity index (χ2n) is 6.98. The van der Waals surface area contributed by atoms with Gasteiger partial charge in [-0.3, -0.25) is 0 Å². The SMILES string of the molecule is CCNC(Cc1cccc(OC)c1)CC1CC2CCC1C2. The van der Waals surface area contributed by atoms with Crippen molar-refractivity contribution in [2.75, 3.05) is 13.7 Å². The molecule has 1 aromatic rings. The number of methoxy groups -OCH3 is 1. The third kappa shape index (κ3) is 3.60. The number of likely N-dealkylation sites (N-methyl/N-ethyl adjacent to an activating group) is 1. The van der Waals surface area contributed by atoms with Crippen LogP contribution in [0, 0.1) is 17.8 Å². The molecule has 0 amide bonds. The van der Waals surface area contributed by atoms with E-state index in [1.54, 1.807) is 7.11 Å². The lowest BCUT2D eigenvalue weighted by molar-refractivity contribution is 0.278. The summed E-state index contributed by atoms with van der Waals surface area (Å²) in [4.78, 5) is 0. The lowest BCUT2D eigenvalue weighted by Gasteiger charge is -2.27. The van der Waals surface area contributed by atoms with Gasteiger partial charge in [0.2, 0.25) is 0 Å². The molecule has 0 spiro atoms. The van der Waals surface area contributed by atoms with Crippen molar-refractivity contribution in [2.45, 2.75) is 51.5 Å². The van der Waals surface area contributed by atoms with Crippen LogP contribution in [0.2, 0.25) is 0 Å². The van der Waals surface area contributed by atoms with Crippen LogP contribution in [-0.2, 0) is 6.42 Å². The predicted molar refractivity (Wildman–Crippen MR) is 87.7 cm³/mol. The molecule has 0 heterocycles. The minimum absolute atomic E-state index is 0.617. The first-order valence-corrected chi connectivity index (χ1v) is 8.64. The molecular weight excluding hydrogens is 258 g/mol. The Balaban J connectivity index is 1.61. The van der Waals surface area contributed by atoms with E-state index in [0.29, 0.717) is 6.04 Å². The number of nitrogens with one attached hydrogen (secondary N) is 1. The number of hydrogen-bond acceptors (Lipinski definition) is 2. The molecule has 4 atom stereocenters. The van der Waals surface area contributed by atoms with Crippen molar-refractivity contribution in [3.8, 4) is 5.75 Å². The second kappa shape index (κ2) is 6.83. The van der Waals surface area contributed by atoms with Crippen LogP contribution in [0.1, 0.15) is 44.6 Å². The number of fused-ring (bicyclic) bond motifs is 2. The minimum atomic E-state index is 0.617. The molecule has 2 saturated carbocycles. The molecule has 0 aliphatic heterocycles. The highest BCUT2D eigenvalue weighted by molar-refractivity contribution is 5.29. The summed E-state index contributed by atoms with van der Waals surface area (Å²) in [6.07, 6.45) is 8.48. The summed E-state index contributed by atoms with van der Waals surface area (Å²) in [6.45, 7) is 3.29. The van der Waals surface area contributed by atoms with Gasteiger partial charge in [0.05, 0.1) is 7.11 Å². The highest BCUT2D eigenvalue weighted by Crippen LogP contribution is 2.50. The van der Waals surface area contributed by atoms with Gasteiger partial charge in [0, 0.05) is 6.04 Å². The lowest BCUT2D eigenvalue weighted by Crippen LogP contribution is -2.34. The second-order valence-corrected chi connectivity index (χ2v) is 6.98. The van der Waals surface area contributed by atoms with Crippen LogP contribution in [0.25, 0.3) is 0 Å². The van der Waals surface area contributed by atoms with E-state index >= 15 is 0 Å². The number of ether oxygens (including phenoxy) is 1. The molecule has 2 fully saturated rings. The van der Waals surface area contributed by atoms with Crippen LogP contribution >= 0.6 is 0 Å². The van der Waals surface area contributed by atoms with Crippen molar-refractivity contribution in [1.82, 2.24) is 5.32 Å². The molecule has 116 valence electrons. The Morgan fingerprint density at radius 3 is 2.86 bits per heavy atom. The molecule has 0 aromatic heterocycles. The van der Waals surface area contributed by atoms with Gasteiger partial charge in [-0.1, -0.05) is 25.5 Å². The fourth-order valence-electron chi connectivity index (χ4n) is 4.64. The van der Waals surface area contributed by atoms with Crippen LogP contribution in [0.3, 0.4) is 0 Å². The van der Waals surface area contributed by atoms with Crippen molar-refractivity contribution in [3.05, 3.63) is 29.8 Å². The van der Waals surface area contributed by atoms with Gasteiger partial charge < -0.3 is 10.1 Å². The van der Waals surface area contributed by atoms with Gasteiger partial charge in [-0.2, -0.15) is 0 Å². The highest BCUT2D eigenvalue weighted by atomic mass is 16.5. The van der Waals surface area contributed by atoms with Crippen molar-refractivity contribution < 1.29 is 4.74 Å². The zero-order chi connectivity index (χ0) is 14.7. The average Bonchev–Trinajstić information content (AvgIpc) is 3.10. The smallest absolute Gasteiger partial charge is 0.119 e. The molecule has 2 heteroatoms. The van der Waals surface area contributed by atoms with Gasteiger partial charge in [0.25, 0.3) is 0 Å². The Morgan fingerprint density at radius 1 is 1.29 bits per heavy atom. The molecule has 2 aliphatic rings. The summed E-state index contributed by atoms with van der Waals surface area (Å²) in [6, 6.07) is 9.17. The van der Waals surface area contributed by atoms with Gasteiger partial charge in [0.1, 0.15) is 5.75 Å². The van der Waals surface area contributed by atoms with E-state index in [1.165, 1.54) is 37.7 Å². The van der Waals surface area contributed by atoms with E-state index in [-0.39, 0.29) is 0 Å². The van der Waals surface area contributed by atoms with E-state index in [0.717, 1.165) is 36.5 Å². The maximum atomic E-state index is 5.35. The fourth-order valence-corrected chi connectivity index (χ4v) is 4.64. The molecule has 0 saturated heterocycles. The van der Waals surface area contributed by atoms with E-state index in [1.807, 2.05) is 6.07 Å². The summed E-state index contributed by atoms with van der Waals surface area (Å²) in [5.74, 6) is 4.03. The first-order chi connectivity index (χ1) is 10.3. The van der Waals surface area contributed by atoms with Crippen molar-refractivity contribution >= 4 is 0 Å². The predicted octanol–water partition coefficient (Wildman–Crippen LogP) is 4.04. The van der Waals surface area contributed by atoms with Crippen LogP contribution in [-0.4, -0.2) is 19.7 Å². The monoisotopic (exact) mass is 287 g/mol. The van der Waals surface area contributed by atoms with E-state index in [4.69, 9.17) is 4.74 Å². The Bertz CT molecular complexity index is 459. The molecule has 1 N–H and O–H groups in total. The molecule has 2 nitrogen and oxygen atoms in total. The molecule has 2 bridgehead atoms. The summed E-state index contributed by atoms with van der Waals surface area (Å²) in [7, 11) is 1.75. The first kappa shape index (κ1) is 14.9. The van der Waals surface area contributed by atoms with Gasteiger partial charge >= 0.3 is 0 Å². The van der Waals surface area contributed by atoms with E-state index in [2.05, 4.69) is 30.4 Å². The molecule has 1 aromatic carbocycles. The maximum Gasteiger partial charge on any atom is 0.119 e. The van der Waals surface area contributed by atoms with E-state index < -0.39 is 0 Å². The van der Waals surface area contributed by atoms with Crippen molar-refractivity contribution in [3.63, 3.8) is 0 Å². The Labute approximate surface area is 129 Å². The Morgan fingerprint density at radius 2 is 2.19 bits per heavy atom. The highest BCUT2D eigenvalue weighted by Gasteiger charge is 2.39. The summed E-state index contributed by atoms with van der Waals surface area (Å²) in [5.41, 5.74) is 1.39. The van der Waals surface area contributed by atoms with Gasteiger partial charge in [-0.15, -0.1) is 0 Å². The van der Waals surface area contributed by atoms with Gasteiger partial charge in [-0.05, 0) is 74.1 Å². The van der Waals surface area contributed by atoms with E-state index in [9.17, 15) is 0 Å². The van der Waals surface area contributed by atoms with Crippen LogP contribution in [0.15, 0.2) is 24.3 Å². The van der Waals surface area contributed by atoms with Crippen LogP contribution in [0.5, 0.6) is 5.75 Å². The summed E-state index contributed by atoms with van der Waals surface area (Å²) >= 11 is 0. The average molecular weight is 287 g/mol. The topological polar surface area (TPSA) is 21.3 Å². The Kier molecular flexibility index (Phi) is 4.84. The third-order valence-corrected chi connectivity index (χ3v) is 5.58. The third-order valence-electron chi connectivity index (χ3n) is 5.58. The standard InChI is InChI=1S/C19H29NO/c1-3-20-18(11-14-5-4-6-19(12-14)21-2)13-17-10-15-7-8-16(17)9-15/h4-6,12,15-18,20H,3,7-11,13H2,1-2H3. The van der Waals surface area contributed by atoms with Gasteiger partial charge in [0.15, 0.2) is 0 Å². The quantitative estimate of drug-likeness (QED) is 0.817. The summed E-state index contributed by atoms with van der Waals surface area (Å²) in [5, 5.41) is 3.71. The molecule has 3 rings (SSSR count). The maximum absolute atomic E-state index is 5.35. The largest absolute Gasteiger partial charge is 0.497 e. The van der Waals surface area contributed by atoms with Crippen molar-refractivity contribution in [2.24, 2.45) is 17.8 Å². The molecule has 4 unspecified atom stereocenters. The number of hydrogen-bond donors (Lipinski definition) is 1. The molecule has 0 radical (unpaired) electrons. The number of rotatable bonds is 7. The summed E-state index contributed by atoms with van der Waals surface area (Å²) < 4.78 is 5.35. The minimum Gasteiger partial charge on any atom is -0.497 e.